The van der Waals surface area contributed by atoms with Crippen molar-refractivity contribution in [1.82, 2.24) is 9.80 Å². The summed E-state index contributed by atoms with van der Waals surface area (Å²) in [7, 11) is 4.34. The number of hydrogen-bond acceptors (Lipinski definition) is 6. The third kappa shape index (κ3) is 13.4. The second kappa shape index (κ2) is 18.9. The van der Waals surface area contributed by atoms with E-state index in [1.54, 1.807) is 0 Å². The molecule has 2 fully saturated rings. The molecule has 0 amide bonds. The van der Waals surface area contributed by atoms with Crippen LogP contribution in [0, 0.1) is 0 Å². The van der Waals surface area contributed by atoms with E-state index in [9.17, 15) is 9.59 Å². The molecule has 0 aliphatic carbocycles. The quantitative estimate of drug-likeness (QED) is 0.297. The predicted octanol–water partition coefficient (Wildman–Crippen LogP) is 6.49. The van der Waals surface area contributed by atoms with Gasteiger partial charge in [-0.15, -0.1) is 12.4 Å². The number of likely N-dealkylation sites (tertiary alicyclic amines) is 2. The molecule has 0 N–H and O–H groups in total. The molecule has 0 spiro atoms. The minimum Gasteiger partial charge on any atom is -0.462 e. The molecule has 7 heteroatoms. The zero-order valence-corrected chi connectivity index (χ0v) is 26.3. The van der Waals surface area contributed by atoms with Crippen molar-refractivity contribution in [3.8, 4) is 0 Å². The van der Waals surface area contributed by atoms with Gasteiger partial charge in [-0.05, 0) is 90.7 Å². The summed E-state index contributed by atoms with van der Waals surface area (Å²) in [5.74, 6) is -0.246. The van der Waals surface area contributed by atoms with E-state index in [2.05, 4.69) is 23.9 Å². The smallest absolute Gasteiger partial charge is 0.310 e. The average Bonchev–Trinajstić information content (AvgIpc) is 2.92. The topological polar surface area (TPSA) is 59.1 Å². The lowest BCUT2D eigenvalue weighted by atomic mass is 9.98. The maximum Gasteiger partial charge on any atom is 0.310 e. The Morgan fingerprint density at radius 2 is 1.05 bits per heavy atom. The number of benzene rings is 2. The highest BCUT2D eigenvalue weighted by Gasteiger charge is 2.24. The van der Waals surface area contributed by atoms with Crippen molar-refractivity contribution < 1.29 is 19.1 Å². The molecule has 2 heterocycles. The first-order valence-electron chi connectivity index (χ1n) is 15.2. The molecule has 4 rings (SSSR count). The number of piperidine rings is 2. The Balaban J connectivity index is 0.000000280. The standard InChI is InChI=1S/2C17H25NO2.ClH/c2*1-14(12-16-10-6-7-11-18(16)2)20-17(19)13-15-8-4-3-5-9-15;/h2*3-5,8-9,14,16H,6-7,10-13H2,1-2H3;1H. The van der Waals surface area contributed by atoms with Gasteiger partial charge in [-0.25, -0.2) is 0 Å². The molecule has 0 aromatic heterocycles. The van der Waals surface area contributed by atoms with Gasteiger partial charge in [0.15, 0.2) is 0 Å². The SMILES string of the molecule is CC(CC1CCCCN1C)OC(=O)Cc1ccccc1.CC(CC1CCCCN1C)OC(=O)Cc1ccccc1.Cl. The highest BCUT2D eigenvalue weighted by molar-refractivity contribution is 5.85. The number of ether oxygens (including phenoxy) is 2. The molecule has 0 saturated carbocycles. The lowest BCUT2D eigenvalue weighted by Gasteiger charge is -2.33. The van der Waals surface area contributed by atoms with Crippen molar-refractivity contribution in [1.29, 1.82) is 0 Å². The molecule has 2 saturated heterocycles. The van der Waals surface area contributed by atoms with Gasteiger partial charge in [-0.2, -0.15) is 0 Å². The lowest BCUT2D eigenvalue weighted by molar-refractivity contribution is -0.149. The molecule has 2 aromatic carbocycles. The third-order valence-corrected chi connectivity index (χ3v) is 8.10. The zero-order chi connectivity index (χ0) is 28.7. The van der Waals surface area contributed by atoms with Crippen molar-refractivity contribution in [3.63, 3.8) is 0 Å². The molecule has 6 nitrogen and oxygen atoms in total. The number of rotatable bonds is 10. The molecular weight excluding hydrogens is 536 g/mol. The van der Waals surface area contributed by atoms with Gasteiger partial charge in [0.25, 0.3) is 0 Å². The van der Waals surface area contributed by atoms with Gasteiger partial charge in [0, 0.05) is 12.1 Å². The Labute approximate surface area is 254 Å². The molecule has 0 bridgehead atoms. The maximum absolute atomic E-state index is 11.9. The number of carbonyl (C=O) groups excluding carboxylic acids is 2. The van der Waals surface area contributed by atoms with Crippen molar-refractivity contribution in [2.24, 2.45) is 0 Å². The zero-order valence-electron chi connectivity index (χ0n) is 25.5. The second-order valence-corrected chi connectivity index (χ2v) is 11.7. The largest absolute Gasteiger partial charge is 0.462 e. The van der Waals surface area contributed by atoms with Crippen LogP contribution in [0.1, 0.15) is 76.3 Å². The molecule has 4 unspecified atom stereocenters. The summed E-state index contributed by atoms with van der Waals surface area (Å²) < 4.78 is 11.1. The normalized spacial score (nSPS) is 20.9. The highest BCUT2D eigenvalue weighted by Crippen LogP contribution is 2.21. The Kier molecular flexibility index (Phi) is 16.0. The van der Waals surface area contributed by atoms with E-state index in [4.69, 9.17) is 9.47 Å². The number of hydrogen-bond donors (Lipinski definition) is 0. The summed E-state index contributed by atoms with van der Waals surface area (Å²) in [6, 6.07) is 20.7. The second-order valence-electron chi connectivity index (χ2n) is 11.7. The minimum atomic E-state index is -0.123. The molecular formula is C34H51ClN2O4. The van der Waals surface area contributed by atoms with Gasteiger partial charge in [0.1, 0.15) is 12.2 Å². The molecule has 0 radical (unpaired) electrons. The van der Waals surface area contributed by atoms with Gasteiger partial charge in [0.05, 0.1) is 12.8 Å². The van der Waals surface area contributed by atoms with Gasteiger partial charge in [-0.1, -0.05) is 73.5 Å². The van der Waals surface area contributed by atoms with E-state index in [0.29, 0.717) is 24.9 Å². The number of esters is 2. The monoisotopic (exact) mass is 586 g/mol. The van der Waals surface area contributed by atoms with E-state index in [1.807, 2.05) is 74.5 Å². The van der Waals surface area contributed by atoms with E-state index in [-0.39, 0.29) is 36.6 Å². The van der Waals surface area contributed by atoms with Crippen molar-refractivity contribution in [2.75, 3.05) is 27.2 Å². The van der Waals surface area contributed by atoms with Crippen LogP contribution in [0.25, 0.3) is 0 Å². The number of nitrogens with zero attached hydrogens (tertiary/aromatic N) is 2. The summed E-state index contributed by atoms with van der Waals surface area (Å²) in [5.41, 5.74) is 2.03. The first kappa shape index (κ1) is 34.8. The van der Waals surface area contributed by atoms with E-state index in [0.717, 1.165) is 37.1 Å². The van der Waals surface area contributed by atoms with E-state index in [1.165, 1.54) is 38.5 Å². The van der Waals surface area contributed by atoms with Crippen LogP contribution in [-0.2, 0) is 31.9 Å². The Bertz CT molecular complexity index is 925. The molecule has 228 valence electrons. The number of halogens is 1. The minimum absolute atomic E-state index is 0. The summed E-state index contributed by atoms with van der Waals surface area (Å²) in [5, 5.41) is 0. The van der Waals surface area contributed by atoms with Gasteiger partial charge in [0.2, 0.25) is 0 Å². The van der Waals surface area contributed by atoms with Crippen LogP contribution >= 0.6 is 12.4 Å². The Hall–Kier alpha value is -2.41. The van der Waals surface area contributed by atoms with Gasteiger partial charge < -0.3 is 19.3 Å². The Morgan fingerprint density at radius 3 is 1.39 bits per heavy atom. The predicted molar refractivity (Wildman–Crippen MR) is 168 cm³/mol. The molecule has 4 atom stereocenters. The fourth-order valence-electron chi connectivity index (χ4n) is 5.80. The van der Waals surface area contributed by atoms with Crippen LogP contribution in [-0.4, -0.2) is 73.2 Å². The van der Waals surface area contributed by atoms with Crippen molar-refractivity contribution in [2.45, 2.75) is 102 Å². The van der Waals surface area contributed by atoms with Gasteiger partial charge in [-0.3, -0.25) is 9.59 Å². The van der Waals surface area contributed by atoms with Gasteiger partial charge >= 0.3 is 11.9 Å². The van der Waals surface area contributed by atoms with Crippen LogP contribution in [0.4, 0.5) is 0 Å². The highest BCUT2D eigenvalue weighted by atomic mass is 35.5. The summed E-state index contributed by atoms with van der Waals surface area (Å²) in [6.45, 7) is 6.33. The summed E-state index contributed by atoms with van der Waals surface area (Å²) >= 11 is 0. The van der Waals surface area contributed by atoms with Crippen LogP contribution in [0.2, 0.25) is 0 Å². The molecule has 2 aliphatic heterocycles. The number of carbonyl (C=O) groups is 2. The fourth-order valence-corrected chi connectivity index (χ4v) is 5.80. The fraction of sp³-hybridized carbons (Fsp3) is 0.588. The first-order valence-corrected chi connectivity index (χ1v) is 15.2. The van der Waals surface area contributed by atoms with E-state index >= 15 is 0 Å². The van der Waals surface area contributed by atoms with Crippen LogP contribution in [0.15, 0.2) is 60.7 Å². The molecule has 2 aromatic rings. The maximum atomic E-state index is 11.9. The average molecular weight is 587 g/mol. The van der Waals surface area contributed by atoms with Crippen molar-refractivity contribution >= 4 is 24.3 Å². The summed E-state index contributed by atoms with van der Waals surface area (Å²) in [6.07, 6.45) is 10.2. The van der Waals surface area contributed by atoms with Crippen LogP contribution in [0.5, 0.6) is 0 Å². The van der Waals surface area contributed by atoms with Crippen LogP contribution in [0.3, 0.4) is 0 Å². The van der Waals surface area contributed by atoms with Crippen molar-refractivity contribution in [3.05, 3.63) is 71.8 Å². The summed E-state index contributed by atoms with van der Waals surface area (Å²) in [4.78, 5) is 28.6. The Morgan fingerprint density at radius 1 is 0.683 bits per heavy atom. The third-order valence-electron chi connectivity index (χ3n) is 8.10. The molecule has 2 aliphatic rings. The lowest BCUT2D eigenvalue weighted by Crippen LogP contribution is -2.38. The first-order chi connectivity index (χ1) is 19.3. The van der Waals surface area contributed by atoms with E-state index < -0.39 is 0 Å². The molecule has 41 heavy (non-hydrogen) atoms. The van der Waals surface area contributed by atoms with Crippen LogP contribution < -0.4 is 0 Å².